The summed E-state index contributed by atoms with van der Waals surface area (Å²) in [5, 5.41) is 3.05. The summed E-state index contributed by atoms with van der Waals surface area (Å²) in [5.41, 5.74) is 0.923. The molecule has 0 saturated carbocycles. The van der Waals surface area contributed by atoms with Gasteiger partial charge < -0.3 is 9.73 Å². The Hall–Kier alpha value is -3.13. The van der Waals surface area contributed by atoms with E-state index in [1.165, 1.54) is 4.31 Å². The molecule has 0 bridgehead atoms. The Morgan fingerprint density at radius 2 is 1.89 bits per heavy atom. The monoisotopic (exact) mass is 384 g/mol. The average Bonchev–Trinajstić information content (AvgIpc) is 3.01. The predicted molar refractivity (Wildman–Crippen MR) is 103 cm³/mol. The molecule has 0 unspecified atom stereocenters. The molecule has 1 amide bonds. The van der Waals surface area contributed by atoms with Gasteiger partial charge in [-0.2, -0.15) is 0 Å². The van der Waals surface area contributed by atoms with E-state index in [-0.39, 0.29) is 16.9 Å². The first-order chi connectivity index (χ1) is 12.9. The molecule has 27 heavy (non-hydrogen) atoms. The number of carbonyl (C=O) groups is 1. The number of sulfonamides is 1. The zero-order chi connectivity index (χ0) is 19.0. The number of nitrogens with zero attached hydrogens (tertiary/aromatic N) is 1. The molecule has 1 aliphatic heterocycles. The summed E-state index contributed by atoms with van der Waals surface area (Å²) in [6, 6.07) is 14.4. The first-order valence-corrected chi connectivity index (χ1v) is 10.00. The maximum absolute atomic E-state index is 12.5. The van der Waals surface area contributed by atoms with Gasteiger partial charge in [-0.1, -0.05) is 18.2 Å². The lowest BCUT2D eigenvalue weighted by atomic mass is 10.2. The Morgan fingerprint density at radius 3 is 2.67 bits per heavy atom. The van der Waals surface area contributed by atoms with Crippen molar-refractivity contribution in [2.75, 3.05) is 21.9 Å². The number of rotatable bonds is 3. The van der Waals surface area contributed by atoms with Crippen LogP contribution < -0.4 is 15.1 Å². The smallest absolute Gasteiger partial charge is 0.291 e. The summed E-state index contributed by atoms with van der Waals surface area (Å²) in [6.07, 6.45) is 0.571. The minimum Gasteiger partial charge on any atom is -0.451 e. The number of carbonyl (C=O) groups excluding carboxylic acids is 1. The van der Waals surface area contributed by atoms with Gasteiger partial charge in [-0.05, 0) is 36.8 Å². The van der Waals surface area contributed by atoms with Crippen LogP contribution in [0, 0.1) is 0 Å². The van der Waals surface area contributed by atoms with Crippen molar-refractivity contribution in [3.05, 3.63) is 70.6 Å². The number of hydrogen-bond acceptors (Lipinski definition) is 5. The molecule has 1 fully saturated rings. The number of hydrogen-bond donors (Lipinski definition) is 1. The van der Waals surface area contributed by atoms with E-state index in [0.29, 0.717) is 35.3 Å². The van der Waals surface area contributed by atoms with E-state index in [2.05, 4.69) is 5.32 Å². The highest BCUT2D eigenvalue weighted by Gasteiger charge is 2.28. The minimum absolute atomic E-state index is 0.113. The Kier molecular flexibility index (Phi) is 4.19. The topological polar surface area (TPSA) is 96.7 Å². The number of para-hydroxylation sites is 1. The Balaban J connectivity index is 1.62. The molecular weight excluding hydrogens is 368 g/mol. The number of fused-ring (bicyclic) bond motifs is 1. The Bertz CT molecular complexity index is 1200. The lowest BCUT2D eigenvalue weighted by molar-refractivity contribution is 0.0997. The molecule has 2 heterocycles. The fraction of sp³-hybridized carbons (Fsp3) is 0.158. The maximum atomic E-state index is 12.5. The van der Waals surface area contributed by atoms with Crippen molar-refractivity contribution in [3.63, 3.8) is 0 Å². The predicted octanol–water partition coefficient (Wildman–Crippen LogP) is 2.59. The second kappa shape index (κ2) is 6.55. The van der Waals surface area contributed by atoms with E-state index in [4.69, 9.17) is 4.42 Å². The summed E-state index contributed by atoms with van der Waals surface area (Å²) < 4.78 is 31.0. The van der Waals surface area contributed by atoms with Gasteiger partial charge >= 0.3 is 0 Å². The first-order valence-electron chi connectivity index (χ1n) is 8.39. The van der Waals surface area contributed by atoms with Gasteiger partial charge in [0.1, 0.15) is 5.58 Å². The van der Waals surface area contributed by atoms with Crippen molar-refractivity contribution < 1.29 is 17.6 Å². The molecule has 0 aliphatic carbocycles. The third-order valence-electron chi connectivity index (χ3n) is 4.35. The second-order valence-electron chi connectivity index (χ2n) is 6.22. The van der Waals surface area contributed by atoms with Crippen LogP contribution in [-0.4, -0.2) is 26.6 Å². The third-order valence-corrected chi connectivity index (χ3v) is 6.22. The summed E-state index contributed by atoms with van der Waals surface area (Å²) in [7, 11) is -3.31. The van der Waals surface area contributed by atoms with E-state index in [9.17, 15) is 18.0 Å². The highest BCUT2D eigenvalue weighted by molar-refractivity contribution is 7.93. The molecule has 8 heteroatoms. The maximum Gasteiger partial charge on any atom is 0.291 e. The normalized spacial score (nSPS) is 15.8. The van der Waals surface area contributed by atoms with Crippen molar-refractivity contribution in [3.8, 4) is 0 Å². The summed E-state index contributed by atoms with van der Waals surface area (Å²) in [6.45, 7) is 0.416. The van der Waals surface area contributed by atoms with Crippen molar-refractivity contribution >= 4 is 38.3 Å². The van der Waals surface area contributed by atoms with Gasteiger partial charge in [0.2, 0.25) is 10.0 Å². The fourth-order valence-electron chi connectivity index (χ4n) is 3.08. The molecular formula is C19H16N2O5S. The highest BCUT2D eigenvalue weighted by atomic mass is 32.2. The van der Waals surface area contributed by atoms with Crippen LogP contribution in [0.4, 0.5) is 11.4 Å². The third kappa shape index (κ3) is 3.31. The number of anilines is 2. The van der Waals surface area contributed by atoms with E-state index >= 15 is 0 Å². The Morgan fingerprint density at radius 1 is 1.07 bits per heavy atom. The van der Waals surface area contributed by atoms with Gasteiger partial charge in [0.15, 0.2) is 11.2 Å². The average molecular weight is 384 g/mol. The molecule has 1 aromatic heterocycles. The van der Waals surface area contributed by atoms with Crippen LogP contribution in [0.5, 0.6) is 0 Å². The van der Waals surface area contributed by atoms with Crippen LogP contribution in [0.25, 0.3) is 11.0 Å². The molecule has 1 aliphatic rings. The van der Waals surface area contributed by atoms with Crippen molar-refractivity contribution in [1.29, 1.82) is 0 Å². The van der Waals surface area contributed by atoms with E-state index in [1.54, 1.807) is 48.5 Å². The van der Waals surface area contributed by atoms with Gasteiger partial charge in [-0.25, -0.2) is 8.42 Å². The van der Waals surface area contributed by atoms with Crippen LogP contribution in [-0.2, 0) is 10.0 Å². The molecule has 138 valence electrons. The van der Waals surface area contributed by atoms with Crippen LogP contribution in [0.2, 0.25) is 0 Å². The van der Waals surface area contributed by atoms with E-state index in [1.807, 2.05) is 0 Å². The largest absolute Gasteiger partial charge is 0.451 e. The van der Waals surface area contributed by atoms with Crippen LogP contribution in [0.3, 0.4) is 0 Å². The summed E-state index contributed by atoms with van der Waals surface area (Å²) in [5.74, 6) is -0.580. The molecule has 4 rings (SSSR count). The molecule has 0 spiro atoms. The van der Waals surface area contributed by atoms with Gasteiger partial charge in [-0.3, -0.25) is 13.9 Å². The number of amides is 1. The van der Waals surface area contributed by atoms with Gasteiger partial charge in [0.05, 0.1) is 16.8 Å². The van der Waals surface area contributed by atoms with Crippen LogP contribution in [0.1, 0.15) is 17.0 Å². The highest BCUT2D eigenvalue weighted by Crippen LogP contribution is 2.26. The first kappa shape index (κ1) is 17.3. The molecule has 3 aromatic rings. The van der Waals surface area contributed by atoms with Gasteiger partial charge in [0.25, 0.3) is 5.91 Å². The van der Waals surface area contributed by atoms with Crippen LogP contribution >= 0.6 is 0 Å². The SMILES string of the molecule is O=C(Nc1cccc(N2CCCS2(=O)=O)c1)c1cc(=O)c2ccccc2o1. The summed E-state index contributed by atoms with van der Waals surface area (Å²) in [4.78, 5) is 24.6. The quantitative estimate of drug-likeness (QED) is 0.749. The van der Waals surface area contributed by atoms with Crippen molar-refractivity contribution in [2.24, 2.45) is 0 Å². The lowest BCUT2D eigenvalue weighted by Gasteiger charge is -2.17. The second-order valence-corrected chi connectivity index (χ2v) is 8.23. The standard InChI is InChI=1S/C19H16N2O5S/c22-16-12-18(26-17-8-2-1-7-15(16)17)19(23)20-13-5-3-6-14(11-13)21-9-4-10-27(21,24)25/h1-3,5-8,11-12H,4,9-10H2,(H,20,23). The zero-order valence-corrected chi connectivity index (χ0v) is 15.0. The van der Waals surface area contributed by atoms with Crippen molar-refractivity contribution in [1.82, 2.24) is 0 Å². The van der Waals surface area contributed by atoms with Crippen LogP contribution in [0.15, 0.2) is 63.8 Å². The summed E-state index contributed by atoms with van der Waals surface area (Å²) >= 11 is 0. The zero-order valence-electron chi connectivity index (χ0n) is 14.2. The van der Waals surface area contributed by atoms with Gasteiger partial charge in [0, 0.05) is 18.3 Å². The Labute approximate surface area is 155 Å². The molecule has 1 saturated heterocycles. The molecule has 7 nitrogen and oxygen atoms in total. The van der Waals surface area contributed by atoms with Crippen molar-refractivity contribution in [2.45, 2.75) is 6.42 Å². The lowest BCUT2D eigenvalue weighted by Crippen LogP contribution is -2.25. The minimum atomic E-state index is -3.31. The molecule has 0 atom stereocenters. The number of benzene rings is 2. The number of nitrogens with one attached hydrogen (secondary N) is 1. The van der Waals surface area contributed by atoms with E-state index in [0.717, 1.165) is 6.07 Å². The molecule has 1 N–H and O–H groups in total. The molecule has 0 radical (unpaired) electrons. The molecule has 2 aromatic carbocycles. The van der Waals surface area contributed by atoms with Gasteiger partial charge in [-0.15, -0.1) is 0 Å². The van der Waals surface area contributed by atoms with E-state index < -0.39 is 15.9 Å². The fourth-order valence-corrected chi connectivity index (χ4v) is 4.63.